The van der Waals surface area contributed by atoms with Crippen LogP contribution < -0.4 is 10.7 Å². The quantitative estimate of drug-likeness (QED) is 0.451. The molecule has 28 heavy (non-hydrogen) atoms. The molecule has 0 aliphatic heterocycles. The van der Waals surface area contributed by atoms with Gasteiger partial charge in [-0.05, 0) is 66.2 Å². The molecule has 0 aliphatic carbocycles. The zero-order valence-electron chi connectivity index (χ0n) is 14.6. The second-order valence-electron chi connectivity index (χ2n) is 5.80. The number of aromatic hydroxyl groups is 1. The van der Waals surface area contributed by atoms with E-state index in [4.69, 9.17) is 11.6 Å². The van der Waals surface area contributed by atoms with E-state index in [2.05, 4.69) is 15.8 Å². The molecule has 3 aromatic carbocycles. The summed E-state index contributed by atoms with van der Waals surface area (Å²) in [5.41, 5.74) is 4.44. The number of hydrogen-bond acceptors (Lipinski definition) is 4. The molecule has 0 unspecified atom stereocenters. The van der Waals surface area contributed by atoms with E-state index in [0.29, 0.717) is 21.8 Å². The fourth-order valence-corrected chi connectivity index (χ4v) is 2.56. The first kappa shape index (κ1) is 19.1. The van der Waals surface area contributed by atoms with Gasteiger partial charge in [-0.15, -0.1) is 0 Å². The van der Waals surface area contributed by atoms with Gasteiger partial charge in [0, 0.05) is 11.3 Å². The predicted octanol–water partition coefficient (Wildman–Crippen LogP) is 4.06. The summed E-state index contributed by atoms with van der Waals surface area (Å²) in [5, 5.41) is 16.2. The summed E-state index contributed by atoms with van der Waals surface area (Å²) in [5.74, 6) is -0.566. The Morgan fingerprint density at radius 3 is 2.25 bits per heavy atom. The molecule has 3 aromatic rings. The van der Waals surface area contributed by atoms with Crippen LogP contribution in [0.4, 0.5) is 5.69 Å². The lowest BCUT2D eigenvalue weighted by molar-refractivity contribution is 0.0954. The van der Waals surface area contributed by atoms with Crippen molar-refractivity contribution in [3.63, 3.8) is 0 Å². The number of rotatable bonds is 5. The van der Waals surface area contributed by atoms with Crippen LogP contribution in [-0.2, 0) is 0 Å². The smallest absolute Gasteiger partial charge is 0.271 e. The molecule has 7 heteroatoms. The van der Waals surface area contributed by atoms with Crippen molar-refractivity contribution in [2.45, 2.75) is 0 Å². The highest BCUT2D eigenvalue weighted by Crippen LogP contribution is 2.17. The van der Waals surface area contributed by atoms with E-state index in [0.717, 1.165) is 5.56 Å². The van der Waals surface area contributed by atoms with E-state index < -0.39 is 0 Å². The molecule has 0 aliphatic rings. The lowest BCUT2D eigenvalue weighted by atomic mass is 10.1. The van der Waals surface area contributed by atoms with Crippen LogP contribution in [0.1, 0.15) is 26.3 Å². The summed E-state index contributed by atoms with van der Waals surface area (Å²) < 4.78 is 0. The van der Waals surface area contributed by atoms with Gasteiger partial charge < -0.3 is 10.4 Å². The Labute approximate surface area is 166 Å². The minimum absolute atomic E-state index is 0.155. The molecule has 0 aromatic heterocycles. The van der Waals surface area contributed by atoms with Crippen molar-refractivity contribution in [2.24, 2.45) is 5.10 Å². The van der Waals surface area contributed by atoms with Crippen LogP contribution in [-0.4, -0.2) is 23.1 Å². The number of phenols is 1. The molecule has 140 valence electrons. The highest BCUT2D eigenvalue weighted by atomic mass is 35.5. The summed E-state index contributed by atoms with van der Waals surface area (Å²) in [4.78, 5) is 24.4. The molecule has 0 saturated carbocycles. The maximum atomic E-state index is 12.2. The van der Waals surface area contributed by atoms with Gasteiger partial charge in [0.05, 0.1) is 16.8 Å². The molecule has 0 radical (unpaired) electrons. The molecule has 0 heterocycles. The second-order valence-corrected chi connectivity index (χ2v) is 6.21. The molecule has 3 rings (SSSR count). The van der Waals surface area contributed by atoms with Crippen LogP contribution in [0.5, 0.6) is 5.75 Å². The Bertz CT molecular complexity index is 1020. The van der Waals surface area contributed by atoms with E-state index in [9.17, 15) is 14.7 Å². The fourth-order valence-electron chi connectivity index (χ4n) is 2.34. The van der Waals surface area contributed by atoms with Crippen molar-refractivity contribution in [2.75, 3.05) is 5.32 Å². The number of nitrogens with one attached hydrogen (secondary N) is 2. The average molecular weight is 394 g/mol. The molecule has 0 atom stereocenters. The fraction of sp³-hybridized carbons (Fsp3) is 0. The molecule has 0 spiro atoms. The zero-order chi connectivity index (χ0) is 19.9. The van der Waals surface area contributed by atoms with Crippen molar-refractivity contribution >= 4 is 35.3 Å². The Hall–Kier alpha value is -3.64. The van der Waals surface area contributed by atoms with Gasteiger partial charge in [-0.2, -0.15) is 5.10 Å². The van der Waals surface area contributed by atoms with Crippen molar-refractivity contribution in [3.8, 4) is 5.75 Å². The first-order chi connectivity index (χ1) is 13.5. The largest absolute Gasteiger partial charge is 0.508 e. The predicted molar refractivity (Wildman–Crippen MR) is 109 cm³/mol. The number of carbonyl (C=O) groups excluding carboxylic acids is 2. The van der Waals surface area contributed by atoms with Crippen molar-refractivity contribution in [1.29, 1.82) is 0 Å². The number of phenolic OH excluding ortho intramolecular Hbond substituents is 1. The number of nitrogens with zero attached hydrogens (tertiary/aromatic N) is 1. The van der Waals surface area contributed by atoms with Gasteiger partial charge in [-0.25, -0.2) is 5.43 Å². The minimum atomic E-state index is -0.390. The highest BCUT2D eigenvalue weighted by molar-refractivity contribution is 6.34. The molecular formula is C21H16ClN3O3. The third-order valence-corrected chi connectivity index (χ3v) is 4.13. The molecule has 0 bridgehead atoms. The van der Waals surface area contributed by atoms with E-state index in [-0.39, 0.29) is 17.6 Å². The van der Waals surface area contributed by atoms with Crippen molar-refractivity contribution in [3.05, 3.63) is 94.5 Å². The first-order valence-electron chi connectivity index (χ1n) is 8.31. The number of anilines is 1. The Balaban J connectivity index is 1.59. The topological polar surface area (TPSA) is 90.8 Å². The standard InChI is InChI=1S/C21H16ClN3O3/c22-19-4-2-1-3-18(19)21(28)24-16-9-7-15(8-10-16)20(27)25-23-13-14-5-11-17(26)12-6-14/h1-13,26H,(H,24,28)(H,25,27)/b23-13+. The van der Waals surface area contributed by atoms with E-state index in [1.54, 1.807) is 60.7 Å². The monoisotopic (exact) mass is 393 g/mol. The number of halogens is 1. The van der Waals surface area contributed by atoms with Crippen LogP contribution in [0.25, 0.3) is 0 Å². The molecule has 6 nitrogen and oxygen atoms in total. The molecule has 2 amide bonds. The van der Waals surface area contributed by atoms with Gasteiger partial charge >= 0.3 is 0 Å². The van der Waals surface area contributed by atoms with E-state index >= 15 is 0 Å². The highest BCUT2D eigenvalue weighted by Gasteiger charge is 2.10. The SMILES string of the molecule is O=C(N/N=C/c1ccc(O)cc1)c1ccc(NC(=O)c2ccccc2Cl)cc1. The van der Waals surface area contributed by atoms with Crippen LogP contribution in [0, 0.1) is 0 Å². The van der Waals surface area contributed by atoms with Crippen molar-refractivity contribution < 1.29 is 14.7 Å². The van der Waals surface area contributed by atoms with Gasteiger partial charge in [0.1, 0.15) is 5.75 Å². The molecule has 0 fully saturated rings. The number of benzene rings is 3. The number of hydrogen-bond donors (Lipinski definition) is 3. The number of amides is 2. The Morgan fingerprint density at radius 1 is 0.893 bits per heavy atom. The van der Waals surface area contributed by atoms with Gasteiger partial charge in [0.15, 0.2) is 0 Å². The normalized spacial score (nSPS) is 10.6. The van der Waals surface area contributed by atoms with Gasteiger partial charge in [0.25, 0.3) is 11.8 Å². The van der Waals surface area contributed by atoms with Crippen LogP contribution >= 0.6 is 11.6 Å². The summed E-state index contributed by atoms with van der Waals surface area (Å²) in [7, 11) is 0. The average Bonchev–Trinajstić information content (AvgIpc) is 2.70. The lowest BCUT2D eigenvalue weighted by Crippen LogP contribution is -2.18. The van der Waals surface area contributed by atoms with Crippen molar-refractivity contribution in [1.82, 2.24) is 5.43 Å². The maximum Gasteiger partial charge on any atom is 0.271 e. The summed E-state index contributed by atoms with van der Waals surface area (Å²) in [6.45, 7) is 0. The van der Waals surface area contributed by atoms with Gasteiger partial charge in [0.2, 0.25) is 0 Å². The number of hydrazone groups is 1. The van der Waals surface area contributed by atoms with Crippen LogP contribution in [0.15, 0.2) is 77.9 Å². The van der Waals surface area contributed by atoms with Gasteiger partial charge in [-0.3, -0.25) is 9.59 Å². The molecule has 0 saturated heterocycles. The molecular weight excluding hydrogens is 378 g/mol. The van der Waals surface area contributed by atoms with E-state index in [1.165, 1.54) is 18.3 Å². The Morgan fingerprint density at radius 2 is 1.57 bits per heavy atom. The third kappa shape index (κ3) is 4.96. The lowest BCUT2D eigenvalue weighted by Gasteiger charge is -2.07. The Kier molecular flexibility index (Phi) is 6.04. The summed E-state index contributed by atoms with van der Waals surface area (Å²) in [6, 6.07) is 19.5. The third-order valence-electron chi connectivity index (χ3n) is 3.80. The second kappa shape index (κ2) is 8.83. The minimum Gasteiger partial charge on any atom is -0.508 e. The van der Waals surface area contributed by atoms with E-state index in [1.807, 2.05) is 0 Å². The first-order valence-corrected chi connectivity index (χ1v) is 8.69. The van der Waals surface area contributed by atoms with Gasteiger partial charge in [-0.1, -0.05) is 23.7 Å². The zero-order valence-corrected chi connectivity index (χ0v) is 15.4. The summed E-state index contributed by atoms with van der Waals surface area (Å²) in [6.07, 6.45) is 1.47. The maximum absolute atomic E-state index is 12.2. The van der Waals surface area contributed by atoms with Crippen LogP contribution in [0.2, 0.25) is 5.02 Å². The summed E-state index contributed by atoms with van der Waals surface area (Å²) >= 11 is 6.01. The number of carbonyl (C=O) groups is 2. The molecule has 3 N–H and O–H groups in total. The van der Waals surface area contributed by atoms with Crippen LogP contribution in [0.3, 0.4) is 0 Å².